The Balaban J connectivity index is 0.00000231. The van der Waals surface area contributed by atoms with Crippen LogP contribution in [0.4, 0.5) is 0 Å². The second-order valence-electron chi connectivity index (χ2n) is 7.81. The summed E-state index contributed by atoms with van der Waals surface area (Å²) in [6.45, 7) is 0.640. The van der Waals surface area contributed by atoms with E-state index in [9.17, 15) is 10.1 Å². The molecular weight excluding hydrogens is 412 g/mol. The third-order valence-corrected chi connectivity index (χ3v) is 5.87. The predicted octanol–water partition coefficient (Wildman–Crippen LogP) is 4.57. The number of hydrogen-bond donors (Lipinski definition) is 1. The van der Waals surface area contributed by atoms with E-state index in [1.54, 1.807) is 12.3 Å². The van der Waals surface area contributed by atoms with E-state index in [2.05, 4.69) is 22.4 Å². The fourth-order valence-electron chi connectivity index (χ4n) is 4.37. The first kappa shape index (κ1) is 21.0. The van der Waals surface area contributed by atoms with E-state index in [-0.39, 0.29) is 24.4 Å². The molecule has 3 heterocycles. The number of halogens is 1. The van der Waals surface area contributed by atoms with Crippen LogP contribution in [0.2, 0.25) is 0 Å². The highest BCUT2D eigenvalue weighted by molar-refractivity contribution is 5.92. The summed E-state index contributed by atoms with van der Waals surface area (Å²) in [5, 5.41) is 12.6. The Kier molecular flexibility index (Phi) is 5.97. The fraction of sp³-hybridized carbons (Fsp3) is 0.292. The number of aryl methyl sites for hydroxylation is 2. The summed E-state index contributed by atoms with van der Waals surface area (Å²) in [5.41, 5.74) is 3.28. The van der Waals surface area contributed by atoms with Crippen molar-refractivity contribution in [1.82, 2.24) is 14.9 Å². The number of benzene rings is 2. The Morgan fingerprint density at radius 2 is 2.06 bits per heavy atom. The molecule has 0 saturated heterocycles. The second-order valence-corrected chi connectivity index (χ2v) is 7.81. The van der Waals surface area contributed by atoms with E-state index in [1.165, 1.54) is 5.56 Å². The van der Waals surface area contributed by atoms with Gasteiger partial charge < -0.3 is 14.6 Å². The molecule has 158 valence electrons. The summed E-state index contributed by atoms with van der Waals surface area (Å²) in [7, 11) is 0. The Bertz CT molecular complexity index is 1160. The third-order valence-electron chi connectivity index (χ3n) is 5.87. The highest BCUT2D eigenvalue weighted by atomic mass is 35.5. The van der Waals surface area contributed by atoms with E-state index in [0.29, 0.717) is 23.6 Å². The Hall–Kier alpha value is -3.30. The first-order valence-corrected chi connectivity index (χ1v) is 10.4. The van der Waals surface area contributed by atoms with Gasteiger partial charge in [-0.15, -0.1) is 12.4 Å². The topological polar surface area (TPSA) is 79.9 Å². The molecule has 0 spiro atoms. The molecule has 6 nitrogen and oxygen atoms in total. The number of fused-ring (bicyclic) bond motifs is 5. The predicted molar refractivity (Wildman–Crippen MR) is 119 cm³/mol. The van der Waals surface area contributed by atoms with Crippen LogP contribution in [0.5, 0.6) is 11.5 Å². The molecule has 3 aromatic rings. The van der Waals surface area contributed by atoms with Crippen LogP contribution in [0.15, 0.2) is 48.7 Å². The van der Waals surface area contributed by atoms with Crippen molar-refractivity contribution in [2.24, 2.45) is 0 Å². The summed E-state index contributed by atoms with van der Waals surface area (Å²) in [6.07, 6.45) is 6.13. The zero-order valence-electron chi connectivity index (χ0n) is 17.0. The first-order chi connectivity index (χ1) is 14.7. The van der Waals surface area contributed by atoms with Gasteiger partial charge >= 0.3 is 0 Å². The molecule has 1 aromatic heterocycles. The van der Waals surface area contributed by atoms with Crippen LogP contribution >= 0.6 is 12.4 Å². The molecule has 0 aliphatic carbocycles. The molecule has 2 aliphatic heterocycles. The number of amides is 1. The van der Waals surface area contributed by atoms with Gasteiger partial charge in [-0.1, -0.05) is 18.2 Å². The van der Waals surface area contributed by atoms with Gasteiger partial charge in [0.15, 0.2) is 0 Å². The molecule has 0 saturated carbocycles. The number of nitriles is 1. The van der Waals surface area contributed by atoms with Crippen molar-refractivity contribution >= 4 is 18.3 Å². The third kappa shape index (κ3) is 4.01. The van der Waals surface area contributed by atoms with Gasteiger partial charge in [0, 0.05) is 13.0 Å². The number of hydrogen-bond acceptors (Lipinski definition) is 4. The molecule has 2 aliphatic rings. The maximum atomic E-state index is 12.8. The lowest BCUT2D eigenvalue weighted by molar-refractivity contribution is 0.0943. The van der Waals surface area contributed by atoms with Crippen LogP contribution in [0, 0.1) is 11.3 Å². The zero-order valence-corrected chi connectivity index (χ0v) is 17.8. The molecular formula is C24H23ClN4O2. The number of imidazole rings is 1. The van der Waals surface area contributed by atoms with Crippen molar-refractivity contribution in [1.29, 1.82) is 5.26 Å². The quantitative estimate of drug-likeness (QED) is 0.562. The number of carbonyl (C=O) groups is 1. The molecule has 31 heavy (non-hydrogen) atoms. The van der Waals surface area contributed by atoms with Gasteiger partial charge in [-0.2, -0.15) is 5.26 Å². The van der Waals surface area contributed by atoms with E-state index < -0.39 is 0 Å². The molecule has 1 atom stereocenters. The minimum atomic E-state index is -0.0835. The van der Waals surface area contributed by atoms with Crippen molar-refractivity contribution in [2.75, 3.05) is 6.54 Å². The average molecular weight is 435 g/mol. The zero-order chi connectivity index (χ0) is 20.5. The number of nitrogens with zero attached hydrogens (tertiary/aromatic N) is 3. The van der Waals surface area contributed by atoms with E-state index in [1.807, 2.05) is 34.9 Å². The van der Waals surface area contributed by atoms with Crippen LogP contribution in [0.1, 0.15) is 58.3 Å². The molecule has 4 bridgehead atoms. The lowest BCUT2D eigenvalue weighted by Crippen LogP contribution is -2.27. The van der Waals surface area contributed by atoms with Gasteiger partial charge in [-0.05, 0) is 61.1 Å². The fourth-order valence-corrected chi connectivity index (χ4v) is 4.37. The molecule has 1 unspecified atom stereocenters. The summed E-state index contributed by atoms with van der Waals surface area (Å²) >= 11 is 0. The summed E-state index contributed by atoms with van der Waals surface area (Å²) in [6, 6.07) is 15.9. The molecule has 7 heteroatoms. The monoisotopic (exact) mass is 434 g/mol. The standard InChI is InChI=1S/C24H22N4O2.ClH/c25-14-18-8-7-17-13-22(18)30-19-6-3-5-16(12-19)4-1-2-11-26-24(29)21-15-27-23-10-9-20(17)28(21)23;/h3,5-8,12-13,15,20H,1-2,4,9-11H2,(H,26,29);1H. The summed E-state index contributed by atoms with van der Waals surface area (Å²) < 4.78 is 8.19. The lowest BCUT2D eigenvalue weighted by atomic mass is 10.0. The SMILES string of the molecule is Cl.N#Cc1ccc2cc1Oc1cccc(c1)CCCCNC(=O)c1cnc3n1C2CC3. The highest BCUT2D eigenvalue weighted by Crippen LogP contribution is 2.36. The Morgan fingerprint density at radius 1 is 1.16 bits per heavy atom. The summed E-state index contributed by atoms with van der Waals surface area (Å²) in [4.78, 5) is 17.3. The molecule has 1 amide bonds. The van der Waals surface area contributed by atoms with Crippen LogP contribution in [-0.4, -0.2) is 22.0 Å². The number of ether oxygens (including phenoxy) is 1. The first-order valence-electron chi connectivity index (χ1n) is 10.4. The van der Waals surface area contributed by atoms with E-state index >= 15 is 0 Å². The molecule has 5 rings (SSSR count). The normalized spacial score (nSPS) is 17.5. The molecule has 1 N–H and O–H groups in total. The van der Waals surface area contributed by atoms with Gasteiger partial charge in [0.05, 0.1) is 17.8 Å². The number of rotatable bonds is 0. The lowest BCUT2D eigenvalue weighted by Gasteiger charge is -2.19. The van der Waals surface area contributed by atoms with Gasteiger partial charge in [0.2, 0.25) is 0 Å². The Morgan fingerprint density at radius 3 is 2.94 bits per heavy atom. The smallest absolute Gasteiger partial charge is 0.269 e. The van der Waals surface area contributed by atoms with Crippen molar-refractivity contribution < 1.29 is 9.53 Å². The van der Waals surface area contributed by atoms with Gasteiger partial charge in [0.1, 0.15) is 29.1 Å². The average Bonchev–Trinajstić information content (AvgIpc) is 3.35. The molecule has 0 radical (unpaired) electrons. The van der Waals surface area contributed by atoms with E-state index in [0.717, 1.165) is 49.2 Å². The van der Waals surface area contributed by atoms with Crippen molar-refractivity contribution in [3.8, 4) is 17.6 Å². The van der Waals surface area contributed by atoms with Crippen molar-refractivity contribution in [2.45, 2.75) is 38.1 Å². The highest BCUT2D eigenvalue weighted by Gasteiger charge is 2.30. The van der Waals surface area contributed by atoms with Crippen LogP contribution < -0.4 is 10.1 Å². The van der Waals surface area contributed by atoms with Crippen molar-refractivity contribution in [3.63, 3.8) is 0 Å². The minimum Gasteiger partial charge on any atom is -0.456 e. The van der Waals surface area contributed by atoms with Crippen LogP contribution in [0.3, 0.4) is 0 Å². The number of nitrogens with one attached hydrogen (secondary N) is 1. The van der Waals surface area contributed by atoms with Crippen molar-refractivity contribution in [3.05, 3.63) is 76.9 Å². The number of aromatic nitrogens is 2. The molecule has 2 aromatic carbocycles. The number of carbonyl (C=O) groups excluding carboxylic acids is 1. The maximum Gasteiger partial charge on any atom is 0.269 e. The van der Waals surface area contributed by atoms with Gasteiger partial charge in [0.25, 0.3) is 5.91 Å². The molecule has 0 fully saturated rings. The van der Waals surface area contributed by atoms with Gasteiger partial charge in [-0.3, -0.25) is 4.79 Å². The van der Waals surface area contributed by atoms with Gasteiger partial charge in [-0.25, -0.2) is 4.98 Å². The van der Waals surface area contributed by atoms with Crippen LogP contribution in [0.25, 0.3) is 0 Å². The minimum absolute atomic E-state index is 0. The van der Waals surface area contributed by atoms with E-state index in [4.69, 9.17) is 4.74 Å². The summed E-state index contributed by atoms with van der Waals surface area (Å²) in [5.74, 6) is 2.11. The van der Waals surface area contributed by atoms with Crippen LogP contribution in [-0.2, 0) is 12.8 Å². The second kappa shape index (κ2) is 8.83. The largest absolute Gasteiger partial charge is 0.456 e. The maximum absolute atomic E-state index is 12.8. The Labute approximate surface area is 187 Å².